The fourth-order valence-electron chi connectivity index (χ4n) is 2.42. The minimum atomic E-state index is 0.230. The van der Waals surface area contributed by atoms with Gasteiger partial charge in [0.25, 0.3) is 0 Å². The molecule has 0 aromatic heterocycles. The van der Waals surface area contributed by atoms with E-state index in [-0.39, 0.29) is 4.75 Å². The molecule has 0 saturated heterocycles. The van der Waals surface area contributed by atoms with E-state index in [0.29, 0.717) is 6.04 Å². The maximum Gasteiger partial charge on any atom is 0.0377 e. The van der Waals surface area contributed by atoms with Gasteiger partial charge in [0, 0.05) is 34.5 Å². The zero-order valence-electron chi connectivity index (χ0n) is 15.4. The fourth-order valence-corrected chi connectivity index (χ4v) is 3.59. The third kappa shape index (κ3) is 7.46. The Labute approximate surface area is 155 Å². The Morgan fingerprint density at radius 3 is 2.52 bits per heavy atom. The first-order chi connectivity index (χ1) is 10.8. The zero-order chi connectivity index (χ0) is 17.5. The van der Waals surface area contributed by atoms with E-state index in [0.717, 1.165) is 25.9 Å². The summed E-state index contributed by atoms with van der Waals surface area (Å²) < 4.78 is 4.86. The molecule has 0 heterocycles. The van der Waals surface area contributed by atoms with Crippen molar-refractivity contribution in [3.8, 4) is 0 Å². The summed E-state index contributed by atoms with van der Waals surface area (Å²) in [6.45, 7) is 10.8. The molecule has 1 aromatic carbocycles. The van der Waals surface area contributed by atoms with E-state index >= 15 is 0 Å². The Bertz CT molecular complexity index is 474. The predicted octanol–water partition coefficient (Wildman–Crippen LogP) is 4.81. The van der Waals surface area contributed by atoms with Gasteiger partial charge in [0.2, 0.25) is 0 Å². The summed E-state index contributed by atoms with van der Waals surface area (Å²) in [6, 6.07) is 7.25. The molecule has 0 radical (unpaired) electrons. The van der Waals surface area contributed by atoms with Crippen molar-refractivity contribution in [2.45, 2.75) is 57.9 Å². The second-order valence-electron chi connectivity index (χ2n) is 6.88. The highest BCUT2D eigenvalue weighted by molar-refractivity contribution is 9.10. The molecule has 0 fully saturated rings. The molecule has 0 aliphatic rings. The van der Waals surface area contributed by atoms with Crippen molar-refractivity contribution < 1.29 is 0 Å². The predicted molar refractivity (Wildman–Crippen MR) is 109 cm³/mol. The highest BCUT2D eigenvalue weighted by atomic mass is 79.9. The van der Waals surface area contributed by atoms with E-state index in [9.17, 15) is 0 Å². The van der Waals surface area contributed by atoms with Gasteiger partial charge in [-0.1, -0.05) is 40.9 Å². The van der Waals surface area contributed by atoms with Crippen LogP contribution in [0.1, 0.15) is 46.1 Å². The lowest BCUT2D eigenvalue weighted by molar-refractivity contribution is 0.547. The second kappa shape index (κ2) is 9.92. The van der Waals surface area contributed by atoms with Gasteiger partial charge in [-0.2, -0.15) is 0 Å². The molecule has 1 unspecified atom stereocenters. The molecule has 1 rings (SSSR count). The lowest BCUT2D eigenvalue weighted by Gasteiger charge is -2.30. The number of nitrogens with zero attached hydrogens (tertiary/aromatic N) is 1. The third-order valence-corrected chi connectivity index (χ3v) is 5.47. The summed E-state index contributed by atoms with van der Waals surface area (Å²) in [5.41, 5.74) is 2.56. The van der Waals surface area contributed by atoms with Gasteiger partial charge in [0.1, 0.15) is 0 Å². The zero-order valence-corrected chi connectivity index (χ0v) is 17.8. The van der Waals surface area contributed by atoms with Crippen LogP contribution in [0.2, 0.25) is 0 Å². The monoisotopic (exact) mass is 401 g/mol. The number of hydrogen-bond acceptors (Lipinski definition) is 4. The molecule has 23 heavy (non-hydrogen) atoms. The van der Waals surface area contributed by atoms with Gasteiger partial charge in [-0.3, -0.25) is 4.72 Å². The van der Waals surface area contributed by atoms with Crippen LogP contribution in [0.15, 0.2) is 22.7 Å². The average Bonchev–Trinajstić information content (AvgIpc) is 2.48. The molecule has 132 valence electrons. The lowest BCUT2D eigenvalue weighted by atomic mass is 10.1. The minimum Gasteiger partial charge on any atom is -0.372 e. The summed E-state index contributed by atoms with van der Waals surface area (Å²) in [5, 5.41) is 3.25. The number of anilines is 1. The van der Waals surface area contributed by atoms with E-state index in [2.05, 4.69) is 83.8 Å². The van der Waals surface area contributed by atoms with Crippen LogP contribution in [-0.2, 0) is 6.54 Å². The molecule has 1 atom stereocenters. The first-order valence-corrected chi connectivity index (χ1v) is 9.96. The van der Waals surface area contributed by atoms with Crippen LogP contribution in [0.4, 0.5) is 5.69 Å². The van der Waals surface area contributed by atoms with Gasteiger partial charge in [-0.05, 0) is 64.9 Å². The van der Waals surface area contributed by atoms with Gasteiger partial charge in [0.15, 0.2) is 0 Å². The van der Waals surface area contributed by atoms with Gasteiger partial charge in [-0.25, -0.2) is 0 Å². The highest BCUT2D eigenvalue weighted by Gasteiger charge is 2.15. The summed E-state index contributed by atoms with van der Waals surface area (Å²) in [4.78, 5) is 2.39. The Balaban J connectivity index is 2.70. The number of rotatable bonds is 9. The summed E-state index contributed by atoms with van der Waals surface area (Å²) in [5.74, 6) is 0. The topological polar surface area (TPSA) is 27.3 Å². The highest BCUT2D eigenvalue weighted by Crippen LogP contribution is 2.27. The molecule has 0 spiro atoms. The molecule has 0 aliphatic heterocycles. The first kappa shape index (κ1) is 20.8. The molecule has 0 bridgehead atoms. The lowest BCUT2D eigenvalue weighted by Crippen LogP contribution is -2.33. The van der Waals surface area contributed by atoms with Crippen molar-refractivity contribution >= 4 is 33.6 Å². The molecule has 0 saturated carbocycles. The van der Waals surface area contributed by atoms with Gasteiger partial charge in [0.05, 0.1) is 0 Å². The molecular formula is C18H32BrN3S. The van der Waals surface area contributed by atoms with Crippen LogP contribution in [-0.4, -0.2) is 31.4 Å². The Kier molecular flexibility index (Phi) is 8.98. The standard InChI is InChI=1S/C18H32BrN3S/c1-7-15(10-11-20-5)22(6)16-9-8-14(17(19)12-16)13-21-23-18(2,3)4/h8-9,12,15,20-21H,7,10-11,13H2,1-6H3. The third-order valence-electron chi connectivity index (χ3n) is 3.83. The first-order valence-electron chi connectivity index (χ1n) is 8.35. The fraction of sp³-hybridized carbons (Fsp3) is 0.667. The Morgan fingerprint density at radius 2 is 2.00 bits per heavy atom. The van der Waals surface area contributed by atoms with Gasteiger partial charge >= 0.3 is 0 Å². The maximum absolute atomic E-state index is 3.73. The van der Waals surface area contributed by atoms with Crippen LogP contribution in [0.5, 0.6) is 0 Å². The number of nitrogens with one attached hydrogen (secondary N) is 2. The molecular weight excluding hydrogens is 370 g/mol. The van der Waals surface area contributed by atoms with E-state index in [1.807, 2.05) is 7.05 Å². The van der Waals surface area contributed by atoms with E-state index in [1.165, 1.54) is 15.7 Å². The van der Waals surface area contributed by atoms with Crippen molar-refractivity contribution in [1.82, 2.24) is 10.0 Å². The number of halogens is 1. The summed E-state index contributed by atoms with van der Waals surface area (Å²) in [7, 11) is 4.21. The van der Waals surface area contributed by atoms with Crippen LogP contribution in [0.25, 0.3) is 0 Å². The van der Waals surface area contributed by atoms with Crippen molar-refractivity contribution in [3.63, 3.8) is 0 Å². The van der Waals surface area contributed by atoms with Crippen molar-refractivity contribution in [2.24, 2.45) is 0 Å². The van der Waals surface area contributed by atoms with Gasteiger partial charge in [-0.15, -0.1) is 0 Å². The van der Waals surface area contributed by atoms with Crippen molar-refractivity contribution in [2.75, 3.05) is 25.5 Å². The Hall–Kier alpha value is -0.230. The maximum atomic E-state index is 3.73. The second-order valence-corrected chi connectivity index (χ2v) is 9.45. The average molecular weight is 402 g/mol. The normalized spacial score (nSPS) is 13.2. The van der Waals surface area contributed by atoms with E-state index in [1.54, 1.807) is 11.9 Å². The molecule has 5 heteroatoms. The van der Waals surface area contributed by atoms with Crippen LogP contribution in [0.3, 0.4) is 0 Å². The molecule has 2 N–H and O–H groups in total. The number of benzene rings is 1. The van der Waals surface area contributed by atoms with Crippen LogP contribution in [0, 0.1) is 0 Å². The van der Waals surface area contributed by atoms with Crippen molar-refractivity contribution in [1.29, 1.82) is 0 Å². The largest absolute Gasteiger partial charge is 0.372 e. The van der Waals surface area contributed by atoms with Gasteiger partial charge < -0.3 is 10.2 Å². The Morgan fingerprint density at radius 1 is 1.30 bits per heavy atom. The smallest absolute Gasteiger partial charge is 0.0377 e. The quantitative estimate of drug-likeness (QED) is 0.580. The van der Waals surface area contributed by atoms with E-state index < -0.39 is 0 Å². The molecule has 0 amide bonds. The van der Waals surface area contributed by atoms with Crippen molar-refractivity contribution in [3.05, 3.63) is 28.2 Å². The van der Waals surface area contributed by atoms with Crippen LogP contribution < -0.4 is 14.9 Å². The number of hydrogen-bond donors (Lipinski definition) is 2. The SMILES string of the molecule is CCC(CCNC)N(C)c1ccc(CNSC(C)(C)C)c(Br)c1. The molecule has 3 nitrogen and oxygen atoms in total. The summed E-state index contributed by atoms with van der Waals surface area (Å²) >= 11 is 5.51. The molecule has 1 aromatic rings. The van der Waals surface area contributed by atoms with E-state index in [4.69, 9.17) is 0 Å². The minimum absolute atomic E-state index is 0.230. The molecule has 0 aliphatic carbocycles. The summed E-state index contributed by atoms with van der Waals surface area (Å²) in [6.07, 6.45) is 2.31. The van der Waals surface area contributed by atoms with Crippen LogP contribution >= 0.6 is 27.9 Å².